The van der Waals surface area contributed by atoms with Crippen molar-refractivity contribution in [3.05, 3.63) is 82.7 Å². The summed E-state index contributed by atoms with van der Waals surface area (Å²) in [6.07, 6.45) is 0. The van der Waals surface area contributed by atoms with Gasteiger partial charge in [-0.15, -0.1) is 11.8 Å². The molecular weight excluding hydrogens is 354 g/mol. The highest BCUT2D eigenvalue weighted by Crippen LogP contribution is 2.18. The van der Waals surface area contributed by atoms with Gasteiger partial charge in [-0.2, -0.15) is 5.10 Å². The van der Waals surface area contributed by atoms with E-state index in [9.17, 15) is 4.79 Å². The molecule has 27 heavy (non-hydrogen) atoms. The van der Waals surface area contributed by atoms with Crippen molar-refractivity contribution in [3.8, 4) is 5.69 Å². The number of hydrogen-bond acceptors (Lipinski definition) is 3. The van der Waals surface area contributed by atoms with Crippen molar-refractivity contribution < 1.29 is 4.79 Å². The monoisotopic (exact) mass is 379 g/mol. The maximum Gasteiger partial charge on any atom is 0.230 e. The molecule has 1 N–H and O–H groups in total. The van der Waals surface area contributed by atoms with Crippen LogP contribution in [0.1, 0.15) is 28.1 Å². The summed E-state index contributed by atoms with van der Waals surface area (Å²) in [6, 6.07) is 18.5. The van der Waals surface area contributed by atoms with E-state index in [1.54, 1.807) is 11.8 Å². The number of benzene rings is 2. The highest BCUT2D eigenvalue weighted by Gasteiger charge is 2.13. The molecule has 0 bridgehead atoms. The van der Waals surface area contributed by atoms with E-state index in [4.69, 9.17) is 0 Å². The molecule has 0 aliphatic heterocycles. The van der Waals surface area contributed by atoms with E-state index in [1.165, 1.54) is 11.1 Å². The van der Waals surface area contributed by atoms with Gasteiger partial charge in [0.2, 0.25) is 5.91 Å². The van der Waals surface area contributed by atoms with Gasteiger partial charge >= 0.3 is 0 Å². The molecule has 0 spiro atoms. The number of rotatable bonds is 7. The Morgan fingerprint density at radius 1 is 1.07 bits per heavy atom. The summed E-state index contributed by atoms with van der Waals surface area (Å²) in [5.41, 5.74) is 6.62. The molecule has 5 heteroatoms. The van der Waals surface area contributed by atoms with Crippen LogP contribution in [0.4, 0.5) is 0 Å². The van der Waals surface area contributed by atoms with Gasteiger partial charge < -0.3 is 5.32 Å². The van der Waals surface area contributed by atoms with Crippen LogP contribution in [0.15, 0.2) is 54.6 Å². The SMILES string of the molecule is Cc1cccc(CSCC(=O)NCc2c(C)nn(-c3ccccc3)c2C)c1. The van der Waals surface area contributed by atoms with Gasteiger partial charge in [0.25, 0.3) is 0 Å². The Balaban J connectivity index is 1.54. The van der Waals surface area contributed by atoms with Crippen LogP contribution in [0.25, 0.3) is 5.69 Å². The maximum atomic E-state index is 12.2. The van der Waals surface area contributed by atoms with Gasteiger partial charge in [0.05, 0.1) is 17.1 Å². The zero-order valence-corrected chi connectivity index (χ0v) is 16.8. The number of amides is 1. The van der Waals surface area contributed by atoms with Crippen molar-refractivity contribution in [1.29, 1.82) is 0 Å². The predicted octanol–water partition coefficient (Wildman–Crippen LogP) is 4.35. The van der Waals surface area contributed by atoms with Gasteiger partial charge in [0.1, 0.15) is 0 Å². The van der Waals surface area contributed by atoms with E-state index in [1.807, 2.05) is 48.9 Å². The van der Waals surface area contributed by atoms with Crippen LogP contribution in [0, 0.1) is 20.8 Å². The van der Waals surface area contributed by atoms with Gasteiger partial charge in [-0.3, -0.25) is 4.79 Å². The van der Waals surface area contributed by atoms with Gasteiger partial charge in [-0.05, 0) is 38.5 Å². The molecule has 4 nitrogen and oxygen atoms in total. The number of aromatic nitrogens is 2. The summed E-state index contributed by atoms with van der Waals surface area (Å²) in [7, 11) is 0. The lowest BCUT2D eigenvalue weighted by atomic mass is 10.2. The number of nitrogens with zero attached hydrogens (tertiary/aromatic N) is 2. The lowest BCUT2D eigenvalue weighted by Crippen LogP contribution is -2.25. The van der Waals surface area contributed by atoms with E-state index in [-0.39, 0.29) is 5.91 Å². The lowest BCUT2D eigenvalue weighted by molar-refractivity contribution is -0.118. The summed E-state index contributed by atoms with van der Waals surface area (Å²) in [4.78, 5) is 12.2. The topological polar surface area (TPSA) is 46.9 Å². The molecule has 1 heterocycles. The van der Waals surface area contributed by atoms with Crippen LogP contribution in [0.5, 0.6) is 0 Å². The zero-order chi connectivity index (χ0) is 19.2. The molecule has 0 aliphatic rings. The molecule has 0 aliphatic carbocycles. The third-order valence-corrected chi connectivity index (χ3v) is 5.49. The first-order chi connectivity index (χ1) is 13.0. The van der Waals surface area contributed by atoms with Crippen LogP contribution in [-0.4, -0.2) is 21.4 Å². The predicted molar refractivity (Wildman–Crippen MR) is 112 cm³/mol. The summed E-state index contributed by atoms with van der Waals surface area (Å²) in [5.74, 6) is 1.36. The molecule has 0 fully saturated rings. The molecule has 0 atom stereocenters. The second-order valence-electron chi connectivity index (χ2n) is 6.66. The van der Waals surface area contributed by atoms with Crippen LogP contribution in [0.2, 0.25) is 0 Å². The van der Waals surface area contributed by atoms with Gasteiger partial charge in [0.15, 0.2) is 0 Å². The third kappa shape index (κ3) is 5.01. The van der Waals surface area contributed by atoms with E-state index in [2.05, 4.69) is 41.6 Å². The molecule has 0 saturated heterocycles. The van der Waals surface area contributed by atoms with Crippen molar-refractivity contribution in [2.45, 2.75) is 33.1 Å². The minimum atomic E-state index is 0.0546. The zero-order valence-electron chi connectivity index (χ0n) is 16.0. The number of hydrogen-bond donors (Lipinski definition) is 1. The fourth-order valence-corrected chi connectivity index (χ4v) is 3.86. The Hall–Kier alpha value is -2.53. The normalized spacial score (nSPS) is 10.8. The summed E-state index contributed by atoms with van der Waals surface area (Å²) >= 11 is 1.64. The second kappa shape index (κ2) is 8.91. The highest BCUT2D eigenvalue weighted by molar-refractivity contribution is 7.99. The minimum absolute atomic E-state index is 0.0546. The molecule has 3 rings (SSSR count). The number of nitrogens with one attached hydrogen (secondary N) is 1. The van der Waals surface area contributed by atoms with Crippen molar-refractivity contribution in [3.63, 3.8) is 0 Å². The molecule has 1 amide bonds. The van der Waals surface area contributed by atoms with Crippen LogP contribution < -0.4 is 5.32 Å². The van der Waals surface area contributed by atoms with Crippen molar-refractivity contribution in [1.82, 2.24) is 15.1 Å². The first-order valence-electron chi connectivity index (χ1n) is 9.05. The minimum Gasteiger partial charge on any atom is -0.351 e. The fourth-order valence-electron chi connectivity index (χ4n) is 3.05. The number of carbonyl (C=O) groups excluding carboxylic acids is 1. The average Bonchev–Trinajstić information content (AvgIpc) is 2.95. The Bertz CT molecular complexity index is 919. The second-order valence-corrected chi connectivity index (χ2v) is 7.64. The first kappa shape index (κ1) is 19.2. The Morgan fingerprint density at radius 3 is 2.59 bits per heavy atom. The van der Waals surface area contributed by atoms with E-state index < -0.39 is 0 Å². The van der Waals surface area contributed by atoms with Gasteiger partial charge in [0, 0.05) is 23.6 Å². The summed E-state index contributed by atoms with van der Waals surface area (Å²) in [6.45, 7) is 6.62. The molecule has 0 unspecified atom stereocenters. The van der Waals surface area contributed by atoms with Gasteiger partial charge in [-0.25, -0.2) is 4.68 Å². The standard InChI is InChI=1S/C22H25N3OS/c1-16-8-7-9-19(12-16)14-27-15-22(26)23-13-21-17(2)24-25(18(21)3)20-10-5-4-6-11-20/h4-12H,13-15H2,1-3H3,(H,23,26). The van der Waals surface area contributed by atoms with E-state index in [0.29, 0.717) is 12.3 Å². The van der Waals surface area contributed by atoms with Crippen LogP contribution >= 0.6 is 11.8 Å². The van der Waals surface area contributed by atoms with Crippen molar-refractivity contribution in [2.24, 2.45) is 0 Å². The van der Waals surface area contributed by atoms with Gasteiger partial charge in [-0.1, -0.05) is 48.0 Å². The molecule has 3 aromatic rings. The van der Waals surface area contributed by atoms with Crippen molar-refractivity contribution in [2.75, 3.05) is 5.75 Å². The van der Waals surface area contributed by atoms with Crippen molar-refractivity contribution >= 4 is 17.7 Å². The largest absolute Gasteiger partial charge is 0.351 e. The Kier molecular flexibility index (Phi) is 6.35. The summed E-state index contributed by atoms with van der Waals surface area (Å²) in [5, 5.41) is 7.66. The Morgan fingerprint density at radius 2 is 1.85 bits per heavy atom. The molecule has 1 aromatic heterocycles. The number of para-hydroxylation sites is 1. The molecule has 2 aromatic carbocycles. The molecule has 0 saturated carbocycles. The lowest BCUT2D eigenvalue weighted by Gasteiger charge is -2.07. The van der Waals surface area contributed by atoms with Crippen LogP contribution in [-0.2, 0) is 17.1 Å². The Labute approximate surface area is 165 Å². The number of thioether (sulfide) groups is 1. The number of aryl methyl sites for hydroxylation is 2. The number of carbonyl (C=O) groups is 1. The van der Waals surface area contributed by atoms with Crippen LogP contribution in [0.3, 0.4) is 0 Å². The molecule has 140 valence electrons. The molecule has 0 radical (unpaired) electrons. The third-order valence-electron chi connectivity index (χ3n) is 4.49. The average molecular weight is 380 g/mol. The van der Waals surface area contributed by atoms with E-state index >= 15 is 0 Å². The smallest absolute Gasteiger partial charge is 0.230 e. The molecular formula is C22H25N3OS. The maximum absolute atomic E-state index is 12.2. The van der Waals surface area contributed by atoms with E-state index in [0.717, 1.165) is 28.4 Å². The fraction of sp³-hybridized carbons (Fsp3) is 0.273. The first-order valence-corrected chi connectivity index (χ1v) is 10.2. The highest BCUT2D eigenvalue weighted by atomic mass is 32.2. The quantitative estimate of drug-likeness (QED) is 0.664. The summed E-state index contributed by atoms with van der Waals surface area (Å²) < 4.78 is 1.93.